The van der Waals surface area contributed by atoms with Crippen molar-refractivity contribution in [2.75, 3.05) is 19.0 Å². The maximum atomic E-state index is 5.64. The molecule has 1 aliphatic rings. The second kappa shape index (κ2) is 4.91. The van der Waals surface area contributed by atoms with Crippen LogP contribution in [0.25, 0.3) is 0 Å². The van der Waals surface area contributed by atoms with Crippen LogP contribution in [0.15, 0.2) is 42.6 Å². The smallest absolute Gasteiger partial charge is 0.124 e. The lowest BCUT2D eigenvalue weighted by Gasteiger charge is -2.18. The molecule has 2 aromatic rings. The third kappa shape index (κ3) is 2.18. The Labute approximate surface area is 120 Å². The highest BCUT2D eigenvalue weighted by Crippen LogP contribution is 2.37. The Hall–Kier alpha value is -1.87. The van der Waals surface area contributed by atoms with Crippen LogP contribution in [-0.2, 0) is 10.2 Å². The zero-order valence-corrected chi connectivity index (χ0v) is 12.2. The molecule has 1 aliphatic heterocycles. The van der Waals surface area contributed by atoms with E-state index in [1.807, 2.05) is 24.4 Å². The Morgan fingerprint density at radius 2 is 2.00 bits per heavy atom. The van der Waals surface area contributed by atoms with E-state index in [2.05, 4.69) is 42.3 Å². The molecule has 3 rings (SSSR count). The summed E-state index contributed by atoms with van der Waals surface area (Å²) in [5.74, 6) is 0. The van der Waals surface area contributed by atoms with Crippen molar-refractivity contribution in [2.24, 2.45) is 0 Å². The molecule has 0 saturated carbocycles. The first-order valence-electron chi connectivity index (χ1n) is 6.94. The number of aromatic nitrogens is 1. The minimum atomic E-state index is -0.119. The van der Waals surface area contributed by atoms with Crippen LogP contribution in [-0.4, -0.2) is 18.6 Å². The Morgan fingerprint density at radius 1 is 1.25 bits per heavy atom. The highest BCUT2D eigenvalue weighted by Gasteiger charge is 2.31. The maximum absolute atomic E-state index is 5.64. The van der Waals surface area contributed by atoms with Gasteiger partial charge in [-0.15, -0.1) is 0 Å². The minimum absolute atomic E-state index is 0.119. The Balaban J connectivity index is 1.99. The number of hydrogen-bond donors (Lipinski definition) is 1. The lowest BCUT2D eigenvalue weighted by atomic mass is 9.88. The van der Waals surface area contributed by atoms with Crippen LogP contribution in [0.4, 0.5) is 5.69 Å². The van der Waals surface area contributed by atoms with E-state index >= 15 is 0 Å². The van der Waals surface area contributed by atoms with Gasteiger partial charge in [-0.3, -0.25) is 4.98 Å². The second-order valence-corrected chi connectivity index (χ2v) is 5.92. The molecule has 1 unspecified atom stereocenters. The van der Waals surface area contributed by atoms with Crippen LogP contribution in [0, 0.1) is 0 Å². The van der Waals surface area contributed by atoms with Gasteiger partial charge < -0.3 is 10.1 Å². The summed E-state index contributed by atoms with van der Waals surface area (Å²) in [7, 11) is 1.73. The molecule has 20 heavy (non-hydrogen) atoms. The molecule has 0 spiro atoms. The maximum Gasteiger partial charge on any atom is 0.124 e. The van der Waals surface area contributed by atoms with Crippen LogP contribution >= 0.6 is 0 Å². The van der Waals surface area contributed by atoms with Crippen molar-refractivity contribution >= 4 is 5.69 Å². The van der Waals surface area contributed by atoms with E-state index in [0.29, 0.717) is 0 Å². The first kappa shape index (κ1) is 13.1. The minimum Gasteiger partial charge on any atom is -0.384 e. The van der Waals surface area contributed by atoms with E-state index in [0.717, 1.165) is 17.8 Å². The number of hydrogen-bond acceptors (Lipinski definition) is 3. The predicted octanol–water partition coefficient (Wildman–Crippen LogP) is 3.52. The number of anilines is 1. The molecule has 1 aromatic heterocycles. The molecule has 0 saturated heterocycles. The number of pyridine rings is 1. The fourth-order valence-electron chi connectivity index (χ4n) is 2.77. The van der Waals surface area contributed by atoms with Crippen LogP contribution in [0.5, 0.6) is 0 Å². The van der Waals surface area contributed by atoms with Crippen molar-refractivity contribution in [1.29, 1.82) is 0 Å². The predicted molar refractivity (Wildman–Crippen MR) is 81.0 cm³/mol. The molecule has 1 atom stereocenters. The number of fused-ring (bicyclic) bond motifs is 1. The van der Waals surface area contributed by atoms with Gasteiger partial charge in [-0.05, 0) is 11.6 Å². The molecule has 0 aliphatic carbocycles. The molecule has 0 radical (unpaired) electrons. The van der Waals surface area contributed by atoms with Crippen LogP contribution in [0.3, 0.4) is 0 Å². The van der Waals surface area contributed by atoms with Crippen molar-refractivity contribution in [2.45, 2.75) is 25.4 Å². The van der Waals surface area contributed by atoms with Gasteiger partial charge in [0.05, 0.1) is 5.69 Å². The number of ether oxygens (including phenoxy) is 1. The van der Waals surface area contributed by atoms with Crippen LogP contribution in [0.1, 0.15) is 36.8 Å². The van der Waals surface area contributed by atoms with Gasteiger partial charge in [-0.1, -0.05) is 44.2 Å². The topological polar surface area (TPSA) is 34.1 Å². The van der Waals surface area contributed by atoms with Crippen molar-refractivity contribution in [3.8, 4) is 0 Å². The van der Waals surface area contributed by atoms with Gasteiger partial charge in [-0.2, -0.15) is 0 Å². The van der Waals surface area contributed by atoms with Gasteiger partial charge in [0.2, 0.25) is 0 Å². The first-order valence-corrected chi connectivity index (χ1v) is 6.94. The highest BCUT2D eigenvalue weighted by molar-refractivity contribution is 5.60. The molecule has 2 heterocycles. The number of methoxy groups -OCH3 is 1. The van der Waals surface area contributed by atoms with E-state index in [9.17, 15) is 0 Å². The lowest BCUT2D eigenvalue weighted by Crippen LogP contribution is -2.19. The molecular weight excluding hydrogens is 248 g/mol. The zero-order chi connectivity index (χ0) is 14.2. The zero-order valence-electron chi connectivity index (χ0n) is 12.2. The number of rotatable bonds is 3. The van der Waals surface area contributed by atoms with Gasteiger partial charge in [0.15, 0.2) is 0 Å². The second-order valence-electron chi connectivity index (χ2n) is 5.92. The highest BCUT2D eigenvalue weighted by atomic mass is 16.5. The largest absolute Gasteiger partial charge is 0.384 e. The fourth-order valence-corrected chi connectivity index (χ4v) is 2.77. The molecular formula is C17H20N2O. The molecule has 1 aromatic carbocycles. The van der Waals surface area contributed by atoms with Gasteiger partial charge >= 0.3 is 0 Å². The summed E-state index contributed by atoms with van der Waals surface area (Å²) in [5.41, 5.74) is 4.68. The van der Waals surface area contributed by atoms with Crippen molar-refractivity contribution in [3.63, 3.8) is 0 Å². The summed E-state index contributed by atoms with van der Waals surface area (Å²) in [6.07, 6.45) is 1.87. The third-order valence-corrected chi connectivity index (χ3v) is 3.98. The monoisotopic (exact) mass is 268 g/mol. The van der Waals surface area contributed by atoms with Gasteiger partial charge in [0, 0.05) is 36.5 Å². The first-order chi connectivity index (χ1) is 9.62. The SMILES string of the molecule is COC(c1ccccc1)c1cc2c(cn1)C(C)(C)CN2. The Morgan fingerprint density at radius 3 is 2.70 bits per heavy atom. The average molecular weight is 268 g/mol. The van der Waals surface area contributed by atoms with Crippen molar-refractivity contribution < 1.29 is 4.74 Å². The van der Waals surface area contributed by atoms with Gasteiger partial charge in [0.1, 0.15) is 6.10 Å². The van der Waals surface area contributed by atoms with Gasteiger partial charge in [-0.25, -0.2) is 0 Å². The number of nitrogens with one attached hydrogen (secondary N) is 1. The van der Waals surface area contributed by atoms with Crippen LogP contribution < -0.4 is 5.32 Å². The molecule has 0 fully saturated rings. The van der Waals surface area contributed by atoms with E-state index in [-0.39, 0.29) is 11.5 Å². The molecule has 104 valence electrons. The van der Waals surface area contributed by atoms with Crippen LogP contribution in [0.2, 0.25) is 0 Å². The Bertz CT molecular complexity index is 608. The van der Waals surface area contributed by atoms with Crippen molar-refractivity contribution in [1.82, 2.24) is 4.98 Å². The quantitative estimate of drug-likeness (QED) is 0.924. The number of benzene rings is 1. The van der Waals surface area contributed by atoms with Gasteiger partial charge in [0.25, 0.3) is 0 Å². The standard InChI is InChI=1S/C17H20N2O/c1-17(2)11-19-14-9-15(18-10-13(14)17)16(20-3)12-7-5-4-6-8-12/h4-10,16,19H,11H2,1-3H3. The third-order valence-electron chi connectivity index (χ3n) is 3.98. The summed E-state index contributed by atoms with van der Waals surface area (Å²) in [6, 6.07) is 12.3. The molecule has 1 N–H and O–H groups in total. The molecule has 0 amide bonds. The van der Waals surface area contributed by atoms with Crippen molar-refractivity contribution in [3.05, 3.63) is 59.4 Å². The molecule has 3 nitrogen and oxygen atoms in total. The molecule has 0 bridgehead atoms. The summed E-state index contributed by atoms with van der Waals surface area (Å²) in [5, 5.41) is 3.47. The summed E-state index contributed by atoms with van der Waals surface area (Å²) in [4.78, 5) is 4.63. The summed E-state index contributed by atoms with van der Waals surface area (Å²) in [6.45, 7) is 5.42. The normalized spacial score (nSPS) is 17.4. The lowest BCUT2D eigenvalue weighted by molar-refractivity contribution is 0.133. The summed E-state index contributed by atoms with van der Waals surface area (Å²) >= 11 is 0. The van der Waals surface area contributed by atoms with E-state index in [1.54, 1.807) is 7.11 Å². The number of nitrogens with zero attached hydrogens (tertiary/aromatic N) is 1. The van der Waals surface area contributed by atoms with E-state index < -0.39 is 0 Å². The fraction of sp³-hybridized carbons (Fsp3) is 0.353. The average Bonchev–Trinajstić information content (AvgIpc) is 2.76. The molecule has 3 heteroatoms. The van der Waals surface area contributed by atoms with E-state index in [1.165, 1.54) is 11.3 Å². The van der Waals surface area contributed by atoms with E-state index in [4.69, 9.17) is 4.74 Å². The Kier molecular flexibility index (Phi) is 3.22. The summed E-state index contributed by atoms with van der Waals surface area (Å²) < 4.78 is 5.64.